The lowest BCUT2D eigenvalue weighted by Crippen LogP contribution is -2.68. The van der Waals surface area contributed by atoms with Crippen molar-refractivity contribution < 1.29 is 34.0 Å². The number of fused-ring (bicyclic) bond motifs is 7. The minimum absolute atomic E-state index is 0.0434. The quantitative estimate of drug-likeness (QED) is 0.353. The summed E-state index contributed by atoms with van der Waals surface area (Å²) in [5.74, 6) is 1.56. The number of aromatic hydroxyl groups is 2. The molecule has 46 heavy (non-hydrogen) atoms. The molecular formula is C35H40N4O7. The number of carbonyl (C=O) groups is 1. The molecule has 3 N–H and O–H groups in total. The number of hydrogen-bond donors (Lipinski definition) is 3. The van der Waals surface area contributed by atoms with E-state index in [9.17, 15) is 20.3 Å². The van der Waals surface area contributed by atoms with Crippen molar-refractivity contribution in [3.63, 3.8) is 0 Å². The third kappa shape index (κ3) is 4.42. The maximum Gasteiger partial charge on any atom is 0.251 e. The average molecular weight is 629 g/mol. The van der Waals surface area contributed by atoms with E-state index < -0.39 is 18.1 Å². The van der Waals surface area contributed by atoms with Crippen LogP contribution < -0.4 is 24.3 Å². The summed E-state index contributed by atoms with van der Waals surface area (Å²) < 4.78 is 23.2. The summed E-state index contributed by atoms with van der Waals surface area (Å²) >= 11 is 0. The average Bonchev–Trinajstić information content (AvgIpc) is 3.05. The zero-order chi connectivity index (χ0) is 33.0. The molecule has 242 valence electrons. The van der Waals surface area contributed by atoms with Gasteiger partial charge in [0, 0.05) is 57.6 Å². The molecule has 0 aromatic heterocycles. The van der Waals surface area contributed by atoms with Gasteiger partial charge in [-0.2, -0.15) is 5.26 Å². The number of hydrogen-bond acceptors (Lipinski definition) is 10. The van der Waals surface area contributed by atoms with E-state index in [1.165, 1.54) is 14.2 Å². The van der Waals surface area contributed by atoms with Gasteiger partial charge in [-0.25, -0.2) is 0 Å². The fourth-order valence-corrected chi connectivity index (χ4v) is 8.29. The Hall–Kier alpha value is -4.66. The fraction of sp³-hybridized carbons (Fsp3) is 0.429. The zero-order valence-electron chi connectivity index (χ0n) is 27.2. The number of carbonyl (C=O) groups excluding carboxylic acids is 1. The highest BCUT2D eigenvalue weighted by atomic mass is 16.5. The predicted octanol–water partition coefficient (Wildman–Crippen LogP) is 3.95. The van der Waals surface area contributed by atoms with Gasteiger partial charge < -0.3 is 34.5 Å². The van der Waals surface area contributed by atoms with Crippen molar-refractivity contribution in [1.29, 1.82) is 5.26 Å². The molecule has 11 nitrogen and oxygen atoms in total. The summed E-state index contributed by atoms with van der Waals surface area (Å²) in [6.45, 7) is 3.78. The molecule has 11 heteroatoms. The van der Waals surface area contributed by atoms with Crippen molar-refractivity contribution >= 4 is 5.91 Å². The molecule has 3 aliphatic rings. The Morgan fingerprint density at radius 3 is 1.93 bits per heavy atom. The first kappa shape index (κ1) is 31.3. The molecular weight excluding hydrogens is 588 g/mol. The van der Waals surface area contributed by atoms with Crippen LogP contribution in [0.5, 0.6) is 34.5 Å². The summed E-state index contributed by atoms with van der Waals surface area (Å²) in [4.78, 5) is 17.6. The highest BCUT2D eigenvalue weighted by Crippen LogP contribution is 2.58. The molecule has 1 amide bonds. The van der Waals surface area contributed by atoms with Crippen molar-refractivity contribution in [3.8, 4) is 40.6 Å². The molecule has 2 bridgehead atoms. The van der Waals surface area contributed by atoms with Crippen LogP contribution in [0.4, 0.5) is 0 Å². The third-order valence-corrected chi connectivity index (χ3v) is 10.2. The second-order valence-electron chi connectivity index (χ2n) is 12.1. The molecule has 0 unspecified atom stereocenters. The number of rotatable bonds is 7. The lowest BCUT2D eigenvalue weighted by atomic mass is 9.71. The van der Waals surface area contributed by atoms with Crippen LogP contribution in [-0.4, -0.2) is 86.1 Å². The summed E-state index contributed by atoms with van der Waals surface area (Å²) in [5, 5.41) is 37.5. The molecule has 3 aliphatic heterocycles. The number of nitriles is 1. The Labute approximate surface area is 268 Å². The molecule has 1 saturated heterocycles. The van der Waals surface area contributed by atoms with Crippen LogP contribution in [0.2, 0.25) is 0 Å². The highest BCUT2D eigenvalue weighted by molar-refractivity contribution is 5.94. The standard InChI is InChI=1S/C35H40N4O7/c1-17-31(43-4)20-14-23-28-27-21(32(44-5)18(2)34(46-7)30(27)41)13-22(38(28)3)24(15-36)39(23)25(26(20)29(40)33(17)45-6)16-37-35(42)19-11-9-8-10-12-19/h8-12,22-25,28,40-41H,13-14,16H2,1-7H3,(H,37,42)/t22-,23-,24-,25-,28-/m0/s1. The van der Waals surface area contributed by atoms with E-state index >= 15 is 0 Å². The van der Waals surface area contributed by atoms with Gasteiger partial charge in [-0.3, -0.25) is 14.6 Å². The molecule has 0 aliphatic carbocycles. The van der Waals surface area contributed by atoms with Gasteiger partial charge in [-0.05, 0) is 45.9 Å². The largest absolute Gasteiger partial charge is 0.504 e. The summed E-state index contributed by atoms with van der Waals surface area (Å²) in [6.07, 6.45) is 0.825. The van der Waals surface area contributed by atoms with E-state index in [0.29, 0.717) is 57.9 Å². The fourth-order valence-electron chi connectivity index (χ4n) is 8.29. The normalized spacial score (nSPS) is 23.3. The van der Waals surface area contributed by atoms with E-state index in [2.05, 4.69) is 21.2 Å². The molecule has 3 heterocycles. The summed E-state index contributed by atoms with van der Waals surface area (Å²) in [7, 11) is 8.18. The second-order valence-corrected chi connectivity index (χ2v) is 12.1. The zero-order valence-corrected chi connectivity index (χ0v) is 27.2. The number of methoxy groups -OCH3 is 4. The van der Waals surface area contributed by atoms with Gasteiger partial charge in [-0.1, -0.05) is 18.2 Å². The van der Waals surface area contributed by atoms with E-state index in [1.54, 1.807) is 38.5 Å². The van der Waals surface area contributed by atoms with E-state index in [-0.39, 0.29) is 41.8 Å². The van der Waals surface area contributed by atoms with Crippen LogP contribution in [-0.2, 0) is 12.8 Å². The minimum atomic E-state index is -0.641. The number of phenolic OH excluding ortho intramolecular Hbond substituents is 2. The Kier molecular flexibility index (Phi) is 8.12. The molecule has 1 fully saturated rings. The van der Waals surface area contributed by atoms with E-state index in [0.717, 1.165) is 11.1 Å². The SMILES string of the molecule is COc1c(C)c(OC)c2c(c1O)[C@@H]1[C@@H]3Cc4c(OC)c(C)c(OC)c(O)c4[C@H](CNC(=O)c4ccccc4)N3[C@@H](C#N)[C@H](C2)N1C. The molecule has 0 radical (unpaired) electrons. The molecule has 6 rings (SSSR count). The molecule has 3 aromatic carbocycles. The Bertz CT molecular complexity index is 1740. The lowest BCUT2D eigenvalue weighted by Gasteiger charge is -2.60. The number of nitrogens with zero attached hydrogens (tertiary/aromatic N) is 3. The Morgan fingerprint density at radius 1 is 0.870 bits per heavy atom. The molecule has 0 spiro atoms. The smallest absolute Gasteiger partial charge is 0.251 e. The number of piperazine rings is 1. The minimum Gasteiger partial charge on any atom is -0.504 e. The van der Waals surface area contributed by atoms with Crippen LogP contribution in [0.25, 0.3) is 0 Å². The van der Waals surface area contributed by atoms with Gasteiger partial charge in [0.05, 0.1) is 46.6 Å². The van der Waals surface area contributed by atoms with Gasteiger partial charge in [0.25, 0.3) is 5.91 Å². The number of benzene rings is 3. The van der Waals surface area contributed by atoms with Gasteiger partial charge in [-0.15, -0.1) is 0 Å². The number of amides is 1. The maximum atomic E-state index is 13.3. The van der Waals surface area contributed by atoms with Crippen molar-refractivity contribution in [2.45, 2.75) is 56.9 Å². The summed E-state index contributed by atoms with van der Waals surface area (Å²) in [5.41, 5.74) is 4.69. The van der Waals surface area contributed by atoms with Crippen molar-refractivity contribution in [2.75, 3.05) is 42.0 Å². The van der Waals surface area contributed by atoms with Crippen molar-refractivity contribution in [1.82, 2.24) is 15.1 Å². The van der Waals surface area contributed by atoms with Gasteiger partial charge >= 0.3 is 0 Å². The van der Waals surface area contributed by atoms with Gasteiger partial charge in [0.15, 0.2) is 23.0 Å². The van der Waals surface area contributed by atoms with Crippen LogP contribution in [0, 0.1) is 25.2 Å². The van der Waals surface area contributed by atoms with Crippen LogP contribution >= 0.6 is 0 Å². The Balaban J connectivity index is 1.59. The van der Waals surface area contributed by atoms with Crippen LogP contribution in [0.1, 0.15) is 55.8 Å². The van der Waals surface area contributed by atoms with Crippen LogP contribution in [0.15, 0.2) is 30.3 Å². The first-order chi connectivity index (χ1) is 22.1. The highest BCUT2D eigenvalue weighted by Gasteiger charge is 2.57. The Morgan fingerprint density at radius 2 is 1.39 bits per heavy atom. The maximum absolute atomic E-state index is 13.3. The summed E-state index contributed by atoms with van der Waals surface area (Å²) in [6, 6.07) is 9.16. The van der Waals surface area contributed by atoms with E-state index in [1.807, 2.05) is 27.0 Å². The lowest BCUT2D eigenvalue weighted by molar-refractivity contribution is -0.0724. The van der Waals surface area contributed by atoms with Gasteiger partial charge in [0.2, 0.25) is 0 Å². The number of likely N-dealkylation sites (N-methyl/N-ethyl adjacent to an activating group) is 1. The first-order valence-corrected chi connectivity index (χ1v) is 15.3. The topological polar surface area (TPSA) is 137 Å². The van der Waals surface area contributed by atoms with Crippen molar-refractivity contribution in [3.05, 3.63) is 69.3 Å². The monoisotopic (exact) mass is 628 g/mol. The van der Waals surface area contributed by atoms with E-state index in [4.69, 9.17) is 18.9 Å². The van der Waals surface area contributed by atoms with Gasteiger partial charge in [0.1, 0.15) is 17.5 Å². The molecule has 3 aromatic rings. The first-order valence-electron chi connectivity index (χ1n) is 15.3. The number of nitrogens with one attached hydrogen (secondary N) is 1. The number of phenols is 2. The number of ether oxygens (including phenoxy) is 4. The second kappa shape index (κ2) is 11.9. The molecule has 5 atom stereocenters. The van der Waals surface area contributed by atoms with Crippen molar-refractivity contribution in [2.24, 2.45) is 0 Å². The van der Waals surface area contributed by atoms with Crippen LogP contribution in [0.3, 0.4) is 0 Å². The predicted molar refractivity (Wildman–Crippen MR) is 170 cm³/mol. The third-order valence-electron chi connectivity index (χ3n) is 10.2. The molecule has 0 saturated carbocycles.